The number of carbonyl (C=O) groups is 1. The van der Waals surface area contributed by atoms with Crippen LogP contribution in [0.5, 0.6) is 0 Å². The van der Waals surface area contributed by atoms with Gasteiger partial charge in [0.25, 0.3) is 0 Å². The molecular weight excluding hydrogens is 255 g/mol. The van der Waals surface area contributed by atoms with E-state index in [0.29, 0.717) is 12.6 Å². The second-order valence-corrected chi connectivity index (χ2v) is 5.92. The second-order valence-electron chi connectivity index (χ2n) is 5.92. The SMILES string of the molecule is CN(C(=O)CN1CCCC1c1cccc(F)c1)C1CC1. The monoisotopic (exact) mass is 276 g/mol. The van der Waals surface area contributed by atoms with Gasteiger partial charge in [-0.3, -0.25) is 9.69 Å². The minimum atomic E-state index is -0.198. The molecule has 1 saturated heterocycles. The Morgan fingerprint density at radius 2 is 2.20 bits per heavy atom. The van der Waals surface area contributed by atoms with E-state index in [1.54, 1.807) is 12.1 Å². The Balaban J connectivity index is 1.67. The van der Waals surface area contributed by atoms with Crippen LogP contribution in [0, 0.1) is 5.82 Å². The molecule has 1 atom stereocenters. The number of rotatable bonds is 4. The number of likely N-dealkylation sites (N-methyl/N-ethyl adjacent to an activating group) is 1. The zero-order chi connectivity index (χ0) is 14.1. The smallest absolute Gasteiger partial charge is 0.236 e. The van der Waals surface area contributed by atoms with E-state index in [1.807, 2.05) is 18.0 Å². The molecule has 1 aromatic rings. The van der Waals surface area contributed by atoms with E-state index < -0.39 is 0 Å². The fourth-order valence-corrected chi connectivity index (χ4v) is 3.06. The molecule has 1 aromatic carbocycles. The number of halogens is 1. The Kier molecular flexibility index (Phi) is 3.74. The molecule has 0 aromatic heterocycles. The van der Waals surface area contributed by atoms with Crippen LogP contribution in [-0.2, 0) is 4.79 Å². The number of hydrogen-bond donors (Lipinski definition) is 0. The summed E-state index contributed by atoms with van der Waals surface area (Å²) in [5.41, 5.74) is 0.990. The highest BCUT2D eigenvalue weighted by Crippen LogP contribution is 2.32. The molecule has 1 heterocycles. The van der Waals surface area contributed by atoms with Crippen LogP contribution in [0.15, 0.2) is 24.3 Å². The van der Waals surface area contributed by atoms with Crippen LogP contribution in [0.4, 0.5) is 4.39 Å². The molecule has 2 fully saturated rings. The molecule has 108 valence electrons. The highest BCUT2D eigenvalue weighted by Gasteiger charge is 2.33. The molecule has 1 amide bonds. The molecule has 2 aliphatic rings. The van der Waals surface area contributed by atoms with Gasteiger partial charge in [0.05, 0.1) is 6.54 Å². The Morgan fingerprint density at radius 3 is 2.90 bits per heavy atom. The van der Waals surface area contributed by atoms with Crippen LogP contribution in [0.3, 0.4) is 0 Å². The van der Waals surface area contributed by atoms with E-state index >= 15 is 0 Å². The summed E-state index contributed by atoms with van der Waals surface area (Å²) in [5.74, 6) is -0.00780. The molecule has 0 radical (unpaired) electrons. The van der Waals surface area contributed by atoms with Crippen molar-refractivity contribution in [1.82, 2.24) is 9.80 Å². The molecule has 3 nitrogen and oxygen atoms in total. The zero-order valence-electron chi connectivity index (χ0n) is 11.9. The first kappa shape index (κ1) is 13.6. The van der Waals surface area contributed by atoms with Gasteiger partial charge < -0.3 is 4.90 Å². The predicted molar refractivity (Wildman–Crippen MR) is 75.7 cm³/mol. The van der Waals surface area contributed by atoms with E-state index in [0.717, 1.165) is 37.8 Å². The lowest BCUT2D eigenvalue weighted by Crippen LogP contribution is -2.39. The van der Waals surface area contributed by atoms with Gasteiger partial charge in [-0.25, -0.2) is 4.39 Å². The summed E-state index contributed by atoms with van der Waals surface area (Å²) >= 11 is 0. The first-order valence-corrected chi connectivity index (χ1v) is 7.40. The average Bonchev–Trinajstić information content (AvgIpc) is 3.18. The third-order valence-corrected chi connectivity index (χ3v) is 4.42. The first-order chi connectivity index (χ1) is 9.65. The summed E-state index contributed by atoms with van der Waals surface area (Å²) in [6, 6.07) is 7.41. The highest BCUT2D eigenvalue weighted by atomic mass is 19.1. The van der Waals surface area contributed by atoms with Crippen LogP contribution in [0.25, 0.3) is 0 Å². The molecule has 20 heavy (non-hydrogen) atoms. The van der Waals surface area contributed by atoms with E-state index in [2.05, 4.69) is 4.90 Å². The van der Waals surface area contributed by atoms with E-state index in [4.69, 9.17) is 0 Å². The quantitative estimate of drug-likeness (QED) is 0.844. The van der Waals surface area contributed by atoms with Crippen molar-refractivity contribution in [1.29, 1.82) is 0 Å². The van der Waals surface area contributed by atoms with Crippen molar-refractivity contribution in [2.45, 2.75) is 37.8 Å². The minimum Gasteiger partial charge on any atom is -0.342 e. The maximum absolute atomic E-state index is 13.4. The van der Waals surface area contributed by atoms with Crippen molar-refractivity contribution in [3.05, 3.63) is 35.6 Å². The van der Waals surface area contributed by atoms with Gasteiger partial charge in [0.15, 0.2) is 0 Å². The van der Waals surface area contributed by atoms with Gasteiger partial charge in [0.1, 0.15) is 5.82 Å². The van der Waals surface area contributed by atoms with Gasteiger partial charge in [0.2, 0.25) is 5.91 Å². The molecule has 3 rings (SSSR count). The lowest BCUT2D eigenvalue weighted by Gasteiger charge is -2.26. The van der Waals surface area contributed by atoms with Crippen molar-refractivity contribution in [2.24, 2.45) is 0 Å². The molecule has 0 spiro atoms. The number of benzene rings is 1. The first-order valence-electron chi connectivity index (χ1n) is 7.40. The summed E-state index contributed by atoms with van der Waals surface area (Å²) in [7, 11) is 1.90. The van der Waals surface area contributed by atoms with Crippen LogP contribution < -0.4 is 0 Å². The average molecular weight is 276 g/mol. The Bertz CT molecular complexity index is 501. The number of nitrogens with zero attached hydrogens (tertiary/aromatic N) is 2. The maximum atomic E-state index is 13.4. The molecule has 1 saturated carbocycles. The summed E-state index contributed by atoms with van der Waals surface area (Å²) < 4.78 is 13.4. The van der Waals surface area contributed by atoms with Crippen LogP contribution >= 0.6 is 0 Å². The largest absolute Gasteiger partial charge is 0.342 e. The standard InChI is InChI=1S/C16H21FN2O/c1-18(14-7-8-14)16(20)11-19-9-3-6-15(19)12-4-2-5-13(17)10-12/h2,4-5,10,14-15H,3,6-9,11H2,1H3. The maximum Gasteiger partial charge on any atom is 0.236 e. The van der Waals surface area contributed by atoms with Gasteiger partial charge in [0, 0.05) is 19.1 Å². The Hall–Kier alpha value is -1.42. The Morgan fingerprint density at radius 1 is 1.40 bits per heavy atom. The number of hydrogen-bond acceptors (Lipinski definition) is 2. The minimum absolute atomic E-state index is 0.183. The molecular formula is C16H21FN2O. The fourth-order valence-electron chi connectivity index (χ4n) is 3.06. The van der Waals surface area contributed by atoms with Gasteiger partial charge in [-0.1, -0.05) is 12.1 Å². The normalized spacial score (nSPS) is 23.0. The Labute approximate surface area is 119 Å². The van der Waals surface area contributed by atoms with E-state index in [9.17, 15) is 9.18 Å². The van der Waals surface area contributed by atoms with Crippen LogP contribution in [0.2, 0.25) is 0 Å². The molecule has 4 heteroatoms. The number of amides is 1. The third kappa shape index (κ3) is 2.85. The topological polar surface area (TPSA) is 23.6 Å². The van der Waals surface area contributed by atoms with Gasteiger partial charge in [-0.2, -0.15) is 0 Å². The lowest BCUT2D eigenvalue weighted by molar-refractivity contribution is -0.131. The van der Waals surface area contributed by atoms with Gasteiger partial charge in [-0.05, 0) is 49.9 Å². The van der Waals surface area contributed by atoms with Gasteiger partial charge in [-0.15, -0.1) is 0 Å². The van der Waals surface area contributed by atoms with Crippen molar-refractivity contribution < 1.29 is 9.18 Å². The van der Waals surface area contributed by atoms with E-state index in [1.165, 1.54) is 6.07 Å². The molecule has 1 aliphatic carbocycles. The molecule has 1 aliphatic heterocycles. The molecule has 0 N–H and O–H groups in total. The summed E-state index contributed by atoms with van der Waals surface area (Å²) in [4.78, 5) is 16.3. The highest BCUT2D eigenvalue weighted by molar-refractivity contribution is 5.78. The molecule has 0 bridgehead atoms. The van der Waals surface area contributed by atoms with Crippen molar-refractivity contribution >= 4 is 5.91 Å². The number of carbonyl (C=O) groups excluding carboxylic acids is 1. The third-order valence-electron chi connectivity index (χ3n) is 4.42. The van der Waals surface area contributed by atoms with Gasteiger partial charge >= 0.3 is 0 Å². The summed E-state index contributed by atoms with van der Waals surface area (Å²) in [6.45, 7) is 1.37. The van der Waals surface area contributed by atoms with E-state index in [-0.39, 0.29) is 17.8 Å². The predicted octanol–water partition coefficient (Wildman–Crippen LogP) is 2.58. The van der Waals surface area contributed by atoms with Crippen LogP contribution in [-0.4, -0.2) is 41.9 Å². The summed E-state index contributed by atoms with van der Waals surface area (Å²) in [6.07, 6.45) is 4.34. The lowest BCUT2D eigenvalue weighted by atomic mass is 10.0. The van der Waals surface area contributed by atoms with Crippen molar-refractivity contribution in [3.63, 3.8) is 0 Å². The fraction of sp³-hybridized carbons (Fsp3) is 0.562. The second kappa shape index (κ2) is 5.52. The summed E-state index contributed by atoms with van der Waals surface area (Å²) in [5, 5.41) is 0. The van der Waals surface area contributed by atoms with Crippen molar-refractivity contribution in [3.8, 4) is 0 Å². The zero-order valence-corrected chi connectivity index (χ0v) is 11.9. The molecule has 1 unspecified atom stereocenters. The number of likely N-dealkylation sites (tertiary alicyclic amines) is 1. The van der Waals surface area contributed by atoms with Crippen molar-refractivity contribution in [2.75, 3.05) is 20.1 Å². The van der Waals surface area contributed by atoms with Crippen LogP contribution in [0.1, 0.15) is 37.3 Å².